The van der Waals surface area contributed by atoms with Crippen molar-refractivity contribution in [2.75, 3.05) is 20.5 Å². The number of methoxy groups -OCH3 is 2. The monoisotopic (exact) mass is 458 g/mol. The van der Waals surface area contributed by atoms with Crippen molar-refractivity contribution in [2.24, 2.45) is 0 Å². The Labute approximate surface area is 187 Å². The summed E-state index contributed by atoms with van der Waals surface area (Å²) in [5.74, 6) is 0.874. The number of pyridine rings is 2. The summed E-state index contributed by atoms with van der Waals surface area (Å²) >= 11 is 14.7. The van der Waals surface area contributed by atoms with Gasteiger partial charge in [-0.1, -0.05) is 35.0 Å². The quantitative estimate of drug-likeness (QED) is 0.276. The summed E-state index contributed by atoms with van der Waals surface area (Å²) in [7, 11) is 3.07. The van der Waals surface area contributed by atoms with Gasteiger partial charge in [-0.05, 0) is 24.5 Å². The number of nitrogens with zero attached hydrogens (tertiary/aromatic N) is 4. The van der Waals surface area contributed by atoms with Crippen LogP contribution in [0, 0.1) is 0 Å². The van der Waals surface area contributed by atoms with Crippen molar-refractivity contribution in [3.8, 4) is 34.0 Å². The third-order valence-corrected chi connectivity index (χ3v) is 5.80. The first-order valence-electron chi connectivity index (χ1n) is 8.80. The van der Waals surface area contributed by atoms with E-state index in [1.165, 1.54) is 26.0 Å². The summed E-state index contributed by atoms with van der Waals surface area (Å²) in [6, 6.07) is 7.27. The second kappa shape index (κ2) is 8.63. The molecular formula is C21H16Cl2N4O2S. The molecule has 0 saturated carbocycles. The molecule has 9 heteroatoms. The maximum atomic E-state index is 6.62. The molecule has 4 aromatic rings. The van der Waals surface area contributed by atoms with Crippen molar-refractivity contribution in [1.82, 2.24) is 19.9 Å². The zero-order valence-corrected chi connectivity index (χ0v) is 18.6. The van der Waals surface area contributed by atoms with Crippen LogP contribution in [0.1, 0.15) is 0 Å². The predicted molar refractivity (Wildman–Crippen MR) is 121 cm³/mol. The van der Waals surface area contributed by atoms with Crippen molar-refractivity contribution in [2.45, 2.75) is 5.16 Å². The number of halogens is 2. The minimum Gasteiger partial charge on any atom is -0.495 e. The molecule has 0 saturated heterocycles. The molecule has 1 aromatic carbocycles. The number of ether oxygens (including phenoxy) is 2. The molecule has 0 aliphatic heterocycles. The lowest BCUT2D eigenvalue weighted by Crippen LogP contribution is -1.98. The SMILES string of the molecule is COc1cc(OC)c(Cl)c(-c2cc3cnc(SC)nc3c(-c3cccnc3)n2)c1Cl. The number of thioether (sulfide) groups is 1. The molecule has 3 aromatic heterocycles. The smallest absolute Gasteiger partial charge is 0.187 e. The van der Waals surface area contributed by atoms with Crippen LogP contribution in [0.5, 0.6) is 11.5 Å². The fourth-order valence-corrected chi connectivity index (χ4v) is 4.10. The summed E-state index contributed by atoms with van der Waals surface area (Å²) in [4.78, 5) is 18.2. The van der Waals surface area contributed by atoms with Crippen LogP contribution in [0.2, 0.25) is 10.0 Å². The molecule has 6 nitrogen and oxygen atoms in total. The zero-order chi connectivity index (χ0) is 21.3. The van der Waals surface area contributed by atoms with Crippen LogP contribution in [-0.2, 0) is 0 Å². The van der Waals surface area contributed by atoms with Gasteiger partial charge >= 0.3 is 0 Å². The summed E-state index contributed by atoms with van der Waals surface area (Å²) in [5.41, 5.74) is 3.25. The van der Waals surface area contributed by atoms with Crippen molar-refractivity contribution in [3.05, 3.63) is 52.9 Å². The van der Waals surface area contributed by atoms with E-state index in [4.69, 9.17) is 37.7 Å². The fraction of sp³-hybridized carbons (Fsp3) is 0.143. The standard InChI is InChI=1S/C21H16Cl2N4O2S/c1-28-14-8-15(29-2)18(23)16(17(14)22)13-7-12-10-25-21(30-3)27-20(12)19(26-13)11-5-4-6-24-9-11/h4-10H,1-3H3. The Bertz CT molecular complexity index is 1210. The molecule has 0 fully saturated rings. The van der Waals surface area contributed by atoms with Crippen LogP contribution in [0.4, 0.5) is 0 Å². The molecule has 0 amide bonds. The molecule has 3 heterocycles. The van der Waals surface area contributed by atoms with Crippen molar-refractivity contribution >= 4 is 45.9 Å². The fourth-order valence-electron chi connectivity index (χ4n) is 3.06. The van der Waals surface area contributed by atoms with E-state index in [1.807, 2.05) is 24.5 Å². The Morgan fingerprint density at radius 1 is 0.967 bits per heavy atom. The number of aromatic nitrogens is 4. The molecule has 0 atom stereocenters. The highest BCUT2D eigenvalue weighted by Gasteiger charge is 2.22. The minimum absolute atomic E-state index is 0.342. The van der Waals surface area contributed by atoms with E-state index >= 15 is 0 Å². The highest BCUT2D eigenvalue weighted by atomic mass is 35.5. The molecule has 0 radical (unpaired) electrons. The second-order valence-corrected chi connectivity index (χ2v) is 7.71. The summed E-state index contributed by atoms with van der Waals surface area (Å²) in [5, 5.41) is 2.13. The van der Waals surface area contributed by atoms with Gasteiger partial charge in [0.05, 0.1) is 35.7 Å². The average Bonchev–Trinajstić information content (AvgIpc) is 2.79. The van der Waals surface area contributed by atoms with Crippen LogP contribution in [0.15, 0.2) is 48.0 Å². The van der Waals surface area contributed by atoms with E-state index in [0.717, 1.165) is 10.9 Å². The van der Waals surface area contributed by atoms with Crippen molar-refractivity contribution < 1.29 is 9.47 Å². The maximum absolute atomic E-state index is 6.62. The van der Waals surface area contributed by atoms with Crippen LogP contribution in [-0.4, -0.2) is 40.4 Å². The summed E-state index contributed by atoms with van der Waals surface area (Å²) < 4.78 is 10.8. The highest BCUT2D eigenvalue weighted by Crippen LogP contribution is 2.46. The average molecular weight is 459 g/mol. The third kappa shape index (κ3) is 3.64. The molecule has 0 spiro atoms. The van der Waals surface area contributed by atoms with Crippen LogP contribution >= 0.6 is 35.0 Å². The normalized spacial score (nSPS) is 11.0. The molecule has 0 aliphatic rings. The Kier molecular flexibility index (Phi) is 5.94. The van der Waals surface area contributed by atoms with Gasteiger partial charge in [0.2, 0.25) is 0 Å². The zero-order valence-electron chi connectivity index (χ0n) is 16.3. The van der Waals surface area contributed by atoms with Crippen molar-refractivity contribution in [3.63, 3.8) is 0 Å². The van der Waals surface area contributed by atoms with Gasteiger partial charge in [0.25, 0.3) is 0 Å². The Morgan fingerprint density at radius 3 is 2.30 bits per heavy atom. The van der Waals surface area contributed by atoms with Crippen LogP contribution < -0.4 is 9.47 Å². The molecule has 30 heavy (non-hydrogen) atoms. The number of hydrogen-bond donors (Lipinski definition) is 0. The van der Waals surface area contributed by atoms with Gasteiger partial charge in [-0.15, -0.1) is 0 Å². The first-order chi connectivity index (χ1) is 14.6. The Morgan fingerprint density at radius 2 is 1.70 bits per heavy atom. The van der Waals surface area contributed by atoms with Gasteiger partial charge in [-0.2, -0.15) is 0 Å². The number of hydrogen-bond acceptors (Lipinski definition) is 7. The van der Waals surface area contributed by atoms with E-state index in [9.17, 15) is 0 Å². The largest absolute Gasteiger partial charge is 0.495 e. The van der Waals surface area contributed by atoms with E-state index in [2.05, 4.69) is 15.0 Å². The number of rotatable bonds is 5. The predicted octanol–water partition coefficient (Wildman–Crippen LogP) is 5.80. The van der Waals surface area contributed by atoms with E-state index in [-0.39, 0.29) is 0 Å². The first kappa shape index (κ1) is 20.7. The van der Waals surface area contributed by atoms with Gasteiger partial charge in [-0.3, -0.25) is 4.98 Å². The molecule has 0 aliphatic carbocycles. The van der Waals surface area contributed by atoms with Crippen molar-refractivity contribution in [1.29, 1.82) is 0 Å². The third-order valence-electron chi connectivity index (χ3n) is 4.49. The number of benzene rings is 1. The Balaban J connectivity index is 2.07. The molecule has 152 valence electrons. The van der Waals surface area contributed by atoms with Crippen LogP contribution in [0.3, 0.4) is 0 Å². The minimum atomic E-state index is 0.342. The number of fused-ring (bicyclic) bond motifs is 1. The topological polar surface area (TPSA) is 70.0 Å². The molecule has 0 unspecified atom stereocenters. The summed E-state index contributed by atoms with van der Waals surface area (Å²) in [6.07, 6.45) is 7.13. The molecule has 0 N–H and O–H groups in total. The lowest BCUT2D eigenvalue weighted by atomic mass is 10.0. The Hall–Kier alpha value is -2.61. The first-order valence-corrected chi connectivity index (χ1v) is 10.8. The highest BCUT2D eigenvalue weighted by molar-refractivity contribution is 7.98. The van der Waals surface area contributed by atoms with E-state index in [0.29, 0.717) is 49.2 Å². The summed E-state index contributed by atoms with van der Waals surface area (Å²) in [6.45, 7) is 0. The van der Waals surface area contributed by atoms with Gasteiger partial charge in [0.1, 0.15) is 17.0 Å². The molecule has 0 bridgehead atoms. The lowest BCUT2D eigenvalue weighted by Gasteiger charge is -2.16. The maximum Gasteiger partial charge on any atom is 0.187 e. The van der Waals surface area contributed by atoms with Gasteiger partial charge in [-0.25, -0.2) is 15.0 Å². The molecule has 4 rings (SSSR count). The van der Waals surface area contributed by atoms with E-state index in [1.54, 1.807) is 24.7 Å². The van der Waals surface area contributed by atoms with E-state index < -0.39 is 0 Å². The van der Waals surface area contributed by atoms with Gasteiger partial charge in [0, 0.05) is 41.2 Å². The second-order valence-electron chi connectivity index (χ2n) is 6.18. The van der Waals surface area contributed by atoms with Crippen LogP contribution in [0.25, 0.3) is 33.4 Å². The molecular weight excluding hydrogens is 443 g/mol. The van der Waals surface area contributed by atoms with Gasteiger partial charge in [0.15, 0.2) is 5.16 Å². The lowest BCUT2D eigenvalue weighted by molar-refractivity contribution is 0.395. The van der Waals surface area contributed by atoms with Gasteiger partial charge < -0.3 is 9.47 Å².